The van der Waals surface area contributed by atoms with E-state index in [1.54, 1.807) is 42.7 Å². The maximum Gasteiger partial charge on any atom is 0.206 e. The Balaban J connectivity index is 1.97. The van der Waals surface area contributed by atoms with Crippen LogP contribution in [0.2, 0.25) is 5.02 Å². The molecule has 0 amide bonds. The minimum atomic E-state index is -1.46. The molecule has 0 saturated heterocycles. The molecule has 1 aromatic heterocycles. The molecule has 8 nitrogen and oxygen atoms in total. The van der Waals surface area contributed by atoms with Crippen LogP contribution in [0.15, 0.2) is 41.3 Å². The van der Waals surface area contributed by atoms with Gasteiger partial charge in [-0.2, -0.15) is 9.78 Å². The summed E-state index contributed by atoms with van der Waals surface area (Å²) >= 11 is 5.65. The minimum absolute atomic E-state index is 0.0747. The predicted molar refractivity (Wildman–Crippen MR) is 123 cm³/mol. The van der Waals surface area contributed by atoms with E-state index in [0.717, 1.165) is 16.9 Å². The summed E-state index contributed by atoms with van der Waals surface area (Å²) < 4.78 is 26.4. The molecule has 0 aliphatic heterocycles. The number of nitrogens with zero attached hydrogens (tertiary/aromatic N) is 3. The Bertz CT molecular complexity index is 1140. The van der Waals surface area contributed by atoms with Crippen LogP contribution < -0.4 is 14.3 Å². The zero-order chi connectivity index (χ0) is 22.7. The monoisotopic (exact) mass is 479 g/mol. The number of nitrogens with one attached hydrogen (secondary N) is 2. The van der Waals surface area contributed by atoms with E-state index in [1.165, 1.54) is 18.9 Å². The molecule has 164 valence electrons. The van der Waals surface area contributed by atoms with Crippen molar-refractivity contribution in [1.29, 1.82) is 10.8 Å². The number of aromatic nitrogens is 2. The van der Waals surface area contributed by atoms with Crippen molar-refractivity contribution in [3.05, 3.63) is 51.8 Å². The number of hydrogen-bond donors (Lipinski definition) is 2. The van der Waals surface area contributed by atoms with Crippen LogP contribution in [0.25, 0.3) is 10.6 Å². The van der Waals surface area contributed by atoms with Crippen molar-refractivity contribution in [1.82, 2.24) is 14.1 Å². The second kappa shape index (κ2) is 9.84. The predicted octanol–water partition coefficient (Wildman–Crippen LogP) is 3.41. The molecule has 0 spiro atoms. The number of halogens is 1. The van der Waals surface area contributed by atoms with Gasteiger partial charge in [0.25, 0.3) is 0 Å². The SMILES string of the molecule is COc1cc(CC(=N)n2nc(-c3ccc(Cl)cc3)sc2=N)c([S+]([O-])N(C)C)cc1OC. The summed E-state index contributed by atoms with van der Waals surface area (Å²) in [6.45, 7) is 0. The van der Waals surface area contributed by atoms with Crippen LogP contribution in [-0.4, -0.2) is 52.8 Å². The fourth-order valence-corrected chi connectivity index (χ4v) is 4.72. The summed E-state index contributed by atoms with van der Waals surface area (Å²) in [6, 6.07) is 10.5. The lowest BCUT2D eigenvalue weighted by atomic mass is 10.1. The molecule has 0 fully saturated rings. The molecular weight excluding hydrogens is 458 g/mol. The highest BCUT2D eigenvalue weighted by Crippen LogP contribution is 2.34. The number of methoxy groups -OCH3 is 2. The van der Waals surface area contributed by atoms with Gasteiger partial charge in [-0.25, -0.2) is 0 Å². The van der Waals surface area contributed by atoms with Crippen LogP contribution >= 0.6 is 22.9 Å². The lowest BCUT2D eigenvalue weighted by Crippen LogP contribution is -2.27. The zero-order valence-corrected chi connectivity index (χ0v) is 19.8. The Morgan fingerprint density at radius 3 is 2.39 bits per heavy atom. The second-order valence-corrected chi connectivity index (χ2v) is 9.71. The van der Waals surface area contributed by atoms with E-state index in [1.807, 2.05) is 12.1 Å². The molecule has 1 heterocycles. The van der Waals surface area contributed by atoms with Crippen LogP contribution in [0, 0.1) is 10.8 Å². The average Bonchev–Trinajstić information content (AvgIpc) is 3.14. The van der Waals surface area contributed by atoms with Crippen molar-refractivity contribution in [3.63, 3.8) is 0 Å². The summed E-state index contributed by atoms with van der Waals surface area (Å²) in [5, 5.41) is 22.5. The lowest BCUT2D eigenvalue weighted by molar-refractivity contribution is 0.353. The standard InChI is InChI=1S/C20H22ClN5O3S2/c1-25(2)31(27)17-11-16(29-4)15(28-3)9-13(17)10-18(22)26-20(23)30-19(24-26)12-5-7-14(21)8-6-12/h5-9,11,22-23H,10H2,1-4H3. The number of ether oxygens (including phenoxy) is 2. The molecule has 1 atom stereocenters. The highest BCUT2D eigenvalue weighted by Gasteiger charge is 2.25. The van der Waals surface area contributed by atoms with Crippen LogP contribution in [0.1, 0.15) is 5.56 Å². The molecule has 31 heavy (non-hydrogen) atoms. The first-order valence-corrected chi connectivity index (χ1v) is 11.4. The van der Waals surface area contributed by atoms with E-state index in [4.69, 9.17) is 31.9 Å². The van der Waals surface area contributed by atoms with Gasteiger partial charge in [0.2, 0.25) is 4.80 Å². The van der Waals surface area contributed by atoms with Crippen molar-refractivity contribution < 1.29 is 14.0 Å². The van der Waals surface area contributed by atoms with Gasteiger partial charge in [0.15, 0.2) is 16.4 Å². The highest BCUT2D eigenvalue weighted by atomic mass is 35.5. The molecule has 0 aliphatic carbocycles. The molecule has 0 aliphatic rings. The Kier molecular flexibility index (Phi) is 7.39. The summed E-state index contributed by atoms with van der Waals surface area (Å²) in [5.74, 6) is 1.00. The van der Waals surface area contributed by atoms with Gasteiger partial charge >= 0.3 is 0 Å². The molecule has 2 N–H and O–H groups in total. The van der Waals surface area contributed by atoms with E-state index < -0.39 is 11.4 Å². The van der Waals surface area contributed by atoms with Gasteiger partial charge in [-0.3, -0.25) is 10.8 Å². The third-order valence-electron chi connectivity index (χ3n) is 4.37. The van der Waals surface area contributed by atoms with Crippen molar-refractivity contribution in [2.45, 2.75) is 11.3 Å². The summed E-state index contributed by atoms with van der Waals surface area (Å²) in [7, 11) is 6.44. The van der Waals surface area contributed by atoms with Gasteiger partial charge in [-0.15, -0.1) is 4.31 Å². The summed E-state index contributed by atoms with van der Waals surface area (Å²) in [6.07, 6.45) is 0.107. The van der Waals surface area contributed by atoms with E-state index in [9.17, 15) is 4.55 Å². The van der Waals surface area contributed by atoms with Gasteiger partial charge in [-0.1, -0.05) is 35.1 Å². The zero-order valence-electron chi connectivity index (χ0n) is 17.4. The first-order chi connectivity index (χ1) is 14.7. The van der Waals surface area contributed by atoms with Crippen LogP contribution in [0.3, 0.4) is 0 Å². The van der Waals surface area contributed by atoms with Gasteiger partial charge in [0, 0.05) is 42.7 Å². The molecule has 0 radical (unpaired) electrons. The molecule has 0 bridgehead atoms. The lowest BCUT2D eigenvalue weighted by Gasteiger charge is -2.20. The van der Waals surface area contributed by atoms with E-state index in [2.05, 4.69) is 5.10 Å². The van der Waals surface area contributed by atoms with Crippen molar-refractivity contribution in [2.75, 3.05) is 28.3 Å². The quantitative estimate of drug-likeness (QED) is 0.306. The summed E-state index contributed by atoms with van der Waals surface area (Å²) in [4.78, 5) is 0.624. The molecule has 11 heteroatoms. The topological polar surface area (TPSA) is 110 Å². The van der Waals surface area contributed by atoms with Gasteiger partial charge < -0.3 is 14.0 Å². The molecule has 0 saturated carbocycles. The number of benzene rings is 2. The Morgan fingerprint density at radius 2 is 1.81 bits per heavy atom. The van der Waals surface area contributed by atoms with E-state index in [0.29, 0.717) is 32.0 Å². The highest BCUT2D eigenvalue weighted by molar-refractivity contribution is 7.89. The van der Waals surface area contributed by atoms with Crippen molar-refractivity contribution in [2.24, 2.45) is 0 Å². The third kappa shape index (κ3) is 5.10. The van der Waals surface area contributed by atoms with Gasteiger partial charge in [-0.05, 0) is 18.2 Å². The first-order valence-electron chi connectivity index (χ1n) is 9.07. The van der Waals surface area contributed by atoms with Gasteiger partial charge in [0.1, 0.15) is 10.8 Å². The third-order valence-corrected chi connectivity index (χ3v) is 6.92. The van der Waals surface area contributed by atoms with E-state index >= 15 is 0 Å². The first kappa shape index (κ1) is 23.3. The fourth-order valence-electron chi connectivity index (χ4n) is 2.84. The molecule has 2 aromatic carbocycles. The smallest absolute Gasteiger partial charge is 0.206 e. The molecule has 3 rings (SSSR count). The normalized spacial score (nSPS) is 12.1. The maximum absolute atomic E-state index is 12.8. The van der Waals surface area contributed by atoms with Crippen LogP contribution in [0.4, 0.5) is 0 Å². The fraction of sp³-hybridized carbons (Fsp3) is 0.250. The molecule has 1 unspecified atom stereocenters. The van der Waals surface area contributed by atoms with Crippen molar-refractivity contribution in [3.8, 4) is 22.1 Å². The number of hydrogen-bond acceptors (Lipinski definition) is 8. The van der Waals surface area contributed by atoms with Crippen molar-refractivity contribution >= 4 is 40.1 Å². The second-order valence-electron chi connectivity index (χ2n) is 6.63. The molecular formula is C20H22ClN5O3S2. The Morgan fingerprint density at radius 1 is 1.19 bits per heavy atom. The largest absolute Gasteiger partial charge is 0.593 e. The van der Waals surface area contributed by atoms with Crippen LogP contribution in [0.5, 0.6) is 11.5 Å². The van der Waals surface area contributed by atoms with Crippen LogP contribution in [-0.2, 0) is 17.8 Å². The van der Waals surface area contributed by atoms with E-state index in [-0.39, 0.29) is 17.1 Å². The van der Waals surface area contributed by atoms with Gasteiger partial charge in [0.05, 0.1) is 25.6 Å². The average molecular weight is 480 g/mol. The Labute approximate surface area is 192 Å². The summed E-state index contributed by atoms with van der Waals surface area (Å²) in [5.41, 5.74) is 1.44. The number of rotatable bonds is 7. The molecule has 3 aromatic rings. The minimum Gasteiger partial charge on any atom is -0.593 e. The Hall–Kier alpha value is -2.37. The maximum atomic E-state index is 12.8.